The van der Waals surface area contributed by atoms with Crippen molar-refractivity contribution in [3.05, 3.63) is 23.0 Å². The van der Waals surface area contributed by atoms with Gasteiger partial charge in [-0.05, 0) is 38.2 Å². The first kappa shape index (κ1) is 17.1. The molecule has 116 valence electrons. The van der Waals surface area contributed by atoms with Crippen molar-refractivity contribution in [2.45, 2.75) is 40.5 Å². The first-order valence-electron chi connectivity index (χ1n) is 7.10. The van der Waals surface area contributed by atoms with Crippen molar-refractivity contribution in [2.75, 3.05) is 6.54 Å². The fourth-order valence-electron chi connectivity index (χ4n) is 2.26. The van der Waals surface area contributed by atoms with Gasteiger partial charge in [0.05, 0.1) is 17.0 Å². The zero-order valence-electron chi connectivity index (χ0n) is 13.0. The van der Waals surface area contributed by atoms with Crippen LogP contribution in [0.1, 0.15) is 48.4 Å². The molecule has 0 saturated heterocycles. The average molecular weight is 293 g/mol. The van der Waals surface area contributed by atoms with Gasteiger partial charge >= 0.3 is 5.97 Å². The molecular weight excluding hydrogens is 270 g/mol. The number of aliphatic carboxylic acids is 1. The van der Waals surface area contributed by atoms with E-state index in [4.69, 9.17) is 5.11 Å². The molecule has 0 spiro atoms. The lowest BCUT2D eigenvalue weighted by Crippen LogP contribution is -2.31. The molecule has 0 radical (unpaired) electrons. The van der Waals surface area contributed by atoms with E-state index in [1.54, 1.807) is 19.9 Å². The Balaban J connectivity index is 2.68. The van der Waals surface area contributed by atoms with Crippen LogP contribution in [0.4, 0.5) is 0 Å². The normalized spacial score (nSPS) is 12.2. The Morgan fingerprint density at radius 3 is 2.52 bits per heavy atom. The summed E-state index contributed by atoms with van der Waals surface area (Å²) in [5, 5.41) is 19.5. The number of carboxylic acids is 1. The maximum Gasteiger partial charge on any atom is 0.303 e. The molecule has 6 nitrogen and oxygen atoms in total. The number of rotatable bonds is 7. The van der Waals surface area contributed by atoms with Crippen LogP contribution in [0.5, 0.6) is 0 Å². The summed E-state index contributed by atoms with van der Waals surface area (Å²) < 4.78 is 0. The summed E-state index contributed by atoms with van der Waals surface area (Å²) >= 11 is 0. The minimum atomic E-state index is -0.840. The van der Waals surface area contributed by atoms with E-state index < -0.39 is 5.97 Å². The lowest BCUT2D eigenvalue weighted by Gasteiger charge is -2.18. The molecule has 1 atom stereocenters. The van der Waals surface area contributed by atoms with Crippen molar-refractivity contribution < 1.29 is 14.7 Å². The summed E-state index contributed by atoms with van der Waals surface area (Å²) in [4.78, 5) is 23.0. The van der Waals surface area contributed by atoms with Crippen molar-refractivity contribution >= 4 is 11.9 Å². The van der Waals surface area contributed by atoms with Crippen LogP contribution in [0.15, 0.2) is 6.07 Å². The van der Waals surface area contributed by atoms with Crippen molar-refractivity contribution in [3.63, 3.8) is 0 Å². The monoisotopic (exact) mass is 293 g/mol. The Kier molecular flexibility index (Phi) is 6.27. The maximum atomic E-state index is 12.2. The van der Waals surface area contributed by atoms with Gasteiger partial charge in [0.2, 0.25) is 0 Å². The van der Waals surface area contributed by atoms with Crippen molar-refractivity contribution in [1.82, 2.24) is 15.5 Å². The van der Waals surface area contributed by atoms with Gasteiger partial charge < -0.3 is 10.4 Å². The highest BCUT2D eigenvalue weighted by Gasteiger charge is 2.17. The van der Waals surface area contributed by atoms with Crippen molar-refractivity contribution in [1.29, 1.82) is 0 Å². The quantitative estimate of drug-likeness (QED) is 0.801. The number of nitrogens with one attached hydrogen (secondary N) is 1. The van der Waals surface area contributed by atoms with Gasteiger partial charge in [-0.3, -0.25) is 9.59 Å². The second kappa shape index (κ2) is 7.71. The highest BCUT2D eigenvalue weighted by atomic mass is 16.4. The molecule has 6 heteroatoms. The molecular formula is C15H23N3O3. The Labute approximate surface area is 125 Å². The number of aromatic nitrogens is 2. The SMILES string of the molecule is Cc1cc(C(=O)NCC(CC(=O)O)CC(C)C)c(C)nn1. The molecule has 0 saturated carbocycles. The number of hydrogen-bond donors (Lipinski definition) is 2. The van der Waals surface area contributed by atoms with E-state index >= 15 is 0 Å². The van der Waals surface area contributed by atoms with Crippen LogP contribution in [0.3, 0.4) is 0 Å². The average Bonchev–Trinajstić information content (AvgIpc) is 2.37. The van der Waals surface area contributed by atoms with E-state index in [2.05, 4.69) is 15.5 Å². The van der Waals surface area contributed by atoms with E-state index in [1.165, 1.54) is 0 Å². The fraction of sp³-hybridized carbons (Fsp3) is 0.600. The predicted octanol–water partition coefficient (Wildman–Crippen LogP) is 1.96. The summed E-state index contributed by atoms with van der Waals surface area (Å²) in [5.41, 5.74) is 1.73. The number of amides is 1. The summed E-state index contributed by atoms with van der Waals surface area (Å²) in [7, 11) is 0. The predicted molar refractivity (Wildman–Crippen MR) is 79.0 cm³/mol. The van der Waals surface area contributed by atoms with Crippen LogP contribution in [-0.4, -0.2) is 33.7 Å². The second-order valence-electron chi connectivity index (χ2n) is 5.79. The fourth-order valence-corrected chi connectivity index (χ4v) is 2.26. The Bertz CT molecular complexity index is 515. The summed E-state index contributed by atoms with van der Waals surface area (Å²) in [6.45, 7) is 7.93. The van der Waals surface area contributed by atoms with E-state index in [-0.39, 0.29) is 18.2 Å². The maximum absolute atomic E-state index is 12.2. The third kappa shape index (κ3) is 5.89. The smallest absolute Gasteiger partial charge is 0.303 e. The molecule has 21 heavy (non-hydrogen) atoms. The molecule has 0 fully saturated rings. The van der Waals surface area contributed by atoms with Gasteiger partial charge in [-0.2, -0.15) is 10.2 Å². The van der Waals surface area contributed by atoms with Crippen LogP contribution in [-0.2, 0) is 4.79 Å². The molecule has 0 bridgehead atoms. The molecule has 1 amide bonds. The highest BCUT2D eigenvalue weighted by Crippen LogP contribution is 2.15. The highest BCUT2D eigenvalue weighted by molar-refractivity contribution is 5.95. The summed E-state index contributed by atoms with van der Waals surface area (Å²) in [6.07, 6.45) is 0.824. The first-order valence-corrected chi connectivity index (χ1v) is 7.10. The molecule has 0 aliphatic carbocycles. The van der Waals surface area contributed by atoms with Gasteiger partial charge in [0.25, 0.3) is 5.91 Å². The third-order valence-electron chi connectivity index (χ3n) is 3.16. The number of carbonyl (C=O) groups excluding carboxylic acids is 1. The van der Waals surface area contributed by atoms with Crippen LogP contribution in [0.2, 0.25) is 0 Å². The molecule has 1 heterocycles. The zero-order chi connectivity index (χ0) is 16.0. The molecule has 1 aromatic heterocycles. The minimum Gasteiger partial charge on any atom is -0.481 e. The number of carbonyl (C=O) groups is 2. The third-order valence-corrected chi connectivity index (χ3v) is 3.16. The van der Waals surface area contributed by atoms with E-state index in [0.717, 1.165) is 6.42 Å². The Morgan fingerprint density at radius 1 is 1.29 bits per heavy atom. The molecule has 0 aliphatic heterocycles. The minimum absolute atomic E-state index is 0.0606. The Morgan fingerprint density at radius 2 is 1.95 bits per heavy atom. The van der Waals surface area contributed by atoms with Gasteiger partial charge in [0.1, 0.15) is 0 Å². The molecule has 0 aliphatic rings. The van der Waals surface area contributed by atoms with Gasteiger partial charge in [0.15, 0.2) is 0 Å². The van der Waals surface area contributed by atoms with E-state index in [9.17, 15) is 9.59 Å². The van der Waals surface area contributed by atoms with Crippen LogP contribution >= 0.6 is 0 Å². The van der Waals surface area contributed by atoms with Crippen LogP contribution in [0, 0.1) is 25.7 Å². The molecule has 2 N–H and O–H groups in total. The second-order valence-corrected chi connectivity index (χ2v) is 5.79. The molecule has 1 rings (SSSR count). The lowest BCUT2D eigenvalue weighted by molar-refractivity contribution is -0.138. The topological polar surface area (TPSA) is 92.2 Å². The lowest BCUT2D eigenvalue weighted by atomic mass is 9.94. The van der Waals surface area contributed by atoms with Gasteiger partial charge in [0, 0.05) is 13.0 Å². The van der Waals surface area contributed by atoms with E-state index in [0.29, 0.717) is 29.4 Å². The largest absolute Gasteiger partial charge is 0.481 e. The van der Waals surface area contributed by atoms with Crippen molar-refractivity contribution in [2.24, 2.45) is 11.8 Å². The molecule has 1 unspecified atom stereocenters. The number of nitrogens with zero attached hydrogens (tertiary/aromatic N) is 2. The summed E-state index contributed by atoms with van der Waals surface area (Å²) in [5.74, 6) is -0.752. The number of aryl methyl sites for hydroxylation is 2. The zero-order valence-corrected chi connectivity index (χ0v) is 13.0. The van der Waals surface area contributed by atoms with Gasteiger partial charge in [-0.1, -0.05) is 13.8 Å². The first-order chi connectivity index (χ1) is 9.79. The standard InChI is InChI=1S/C15H23N3O3/c1-9(2)5-12(7-14(19)20)8-16-15(21)13-6-10(3)17-18-11(13)4/h6,9,12H,5,7-8H2,1-4H3,(H,16,21)(H,19,20). The van der Waals surface area contributed by atoms with Crippen LogP contribution < -0.4 is 5.32 Å². The van der Waals surface area contributed by atoms with Gasteiger partial charge in [-0.15, -0.1) is 0 Å². The summed E-state index contributed by atoms with van der Waals surface area (Å²) in [6, 6.07) is 1.69. The molecule has 1 aromatic rings. The Hall–Kier alpha value is -1.98. The van der Waals surface area contributed by atoms with Crippen LogP contribution in [0.25, 0.3) is 0 Å². The van der Waals surface area contributed by atoms with Crippen molar-refractivity contribution in [3.8, 4) is 0 Å². The molecule has 0 aromatic carbocycles. The number of hydrogen-bond acceptors (Lipinski definition) is 4. The van der Waals surface area contributed by atoms with E-state index in [1.807, 2.05) is 13.8 Å². The number of carboxylic acid groups (broad SMARTS) is 1. The van der Waals surface area contributed by atoms with Gasteiger partial charge in [-0.25, -0.2) is 0 Å².